The third kappa shape index (κ3) is 3.68. The first-order valence-electron chi connectivity index (χ1n) is 6.32. The van der Waals surface area contributed by atoms with Gasteiger partial charge < -0.3 is 5.32 Å². The summed E-state index contributed by atoms with van der Waals surface area (Å²) in [4.78, 5) is 0. The van der Waals surface area contributed by atoms with E-state index in [0.717, 1.165) is 24.9 Å². The van der Waals surface area contributed by atoms with Gasteiger partial charge in [-0.05, 0) is 24.6 Å². The molecule has 1 atom stereocenters. The summed E-state index contributed by atoms with van der Waals surface area (Å²) in [7, 11) is 0. The molecule has 0 heterocycles. The molecule has 0 aliphatic heterocycles. The molecule has 0 aromatic heterocycles. The molecule has 1 nitrogen and oxygen atoms in total. The maximum absolute atomic E-state index is 13.9. The van der Waals surface area contributed by atoms with Crippen molar-refractivity contribution in [3.8, 4) is 0 Å². The van der Waals surface area contributed by atoms with Crippen molar-refractivity contribution in [3.05, 3.63) is 34.6 Å². The standard InChI is InChI=1S/C14H21ClFN/c1-4-10(5-2)14(17-6-3)12-8-7-11(15)9-13(12)16/h7-10,14,17H,4-6H2,1-3H3. The second-order valence-electron chi connectivity index (χ2n) is 4.28. The summed E-state index contributed by atoms with van der Waals surface area (Å²) in [5, 5.41) is 3.83. The first kappa shape index (κ1) is 14.5. The molecule has 3 heteroatoms. The summed E-state index contributed by atoms with van der Waals surface area (Å²) in [6, 6.07) is 5.02. The van der Waals surface area contributed by atoms with E-state index in [1.165, 1.54) is 6.07 Å². The Hall–Kier alpha value is -0.600. The molecular formula is C14H21ClFN. The van der Waals surface area contributed by atoms with Gasteiger partial charge in [-0.25, -0.2) is 4.39 Å². The van der Waals surface area contributed by atoms with Gasteiger partial charge in [-0.3, -0.25) is 0 Å². The van der Waals surface area contributed by atoms with E-state index in [1.54, 1.807) is 12.1 Å². The number of benzene rings is 1. The van der Waals surface area contributed by atoms with E-state index in [2.05, 4.69) is 19.2 Å². The van der Waals surface area contributed by atoms with Crippen molar-refractivity contribution in [3.63, 3.8) is 0 Å². The van der Waals surface area contributed by atoms with E-state index in [4.69, 9.17) is 11.6 Å². The highest BCUT2D eigenvalue weighted by Crippen LogP contribution is 2.30. The molecule has 0 radical (unpaired) electrons. The first-order valence-corrected chi connectivity index (χ1v) is 6.70. The second-order valence-corrected chi connectivity index (χ2v) is 4.71. The van der Waals surface area contributed by atoms with Gasteiger partial charge in [0.2, 0.25) is 0 Å². The van der Waals surface area contributed by atoms with Crippen LogP contribution in [0.15, 0.2) is 18.2 Å². The van der Waals surface area contributed by atoms with Crippen molar-refractivity contribution in [2.45, 2.75) is 39.7 Å². The van der Waals surface area contributed by atoms with E-state index in [0.29, 0.717) is 10.9 Å². The molecule has 1 N–H and O–H groups in total. The number of hydrogen-bond donors (Lipinski definition) is 1. The van der Waals surface area contributed by atoms with Gasteiger partial charge in [0.1, 0.15) is 5.82 Å². The van der Waals surface area contributed by atoms with Crippen LogP contribution in [0.5, 0.6) is 0 Å². The lowest BCUT2D eigenvalue weighted by molar-refractivity contribution is 0.337. The first-order chi connectivity index (χ1) is 8.13. The maximum atomic E-state index is 13.9. The molecule has 17 heavy (non-hydrogen) atoms. The number of halogens is 2. The Labute approximate surface area is 108 Å². The fourth-order valence-electron chi connectivity index (χ4n) is 2.26. The van der Waals surface area contributed by atoms with Gasteiger partial charge in [0, 0.05) is 16.6 Å². The number of hydrogen-bond acceptors (Lipinski definition) is 1. The molecule has 0 aliphatic carbocycles. The largest absolute Gasteiger partial charge is 0.310 e. The van der Waals surface area contributed by atoms with Crippen LogP contribution in [0.2, 0.25) is 5.02 Å². The summed E-state index contributed by atoms with van der Waals surface area (Å²) in [5.74, 6) is 0.237. The average molecular weight is 258 g/mol. The third-order valence-electron chi connectivity index (χ3n) is 3.24. The van der Waals surface area contributed by atoms with Gasteiger partial charge in [-0.1, -0.05) is 51.3 Å². The van der Waals surface area contributed by atoms with Crippen LogP contribution in [0.1, 0.15) is 45.2 Å². The van der Waals surface area contributed by atoms with Gasteiger partial charge in [0.25, 0.3) is 0 Å². The lowest BCUT2D eigenvalue weighted by Gasteiger charge is -2.27. The molecule has 96 valence electrons. The molecular weight excluding hydrogens is 237 g/mol. The van der Waals surface area contributed by atoms with Crippen molar-refractivity contribution in [2.24, 2.45) is 5.92 Å². The summed E-state index contributed by atoms with van der Waals surface area (Å²) >= 11 is 5.79. The molecule has 0 bridgehead atoms. The predicted octanol–water partition coefficient (Wildman–Crippen LogP) is 4.57. The lowest BCUT2D eigenvalue weighted by Crippen LogP contribution is -2.28. The minimum atomic E-state index is -0.213. The van der Waals surface area contributed by atoms with Crippen LogP contribution in [0.25, 0.3) is 0 Å². The molecule has 0 fully saturated rings. The van der Waals surface area contributed by atoms with Crippen molar-refractivity contribution in [1.29, 1.82) is 0 Å². The Morgan fingerprint density at radius 3 is 2.35 bits per heavy atom. The van der Waals surface area contributed by atoms with Crippen LogP contribution in [-0.2, 0) is 0 Å². The van der Waals surface area contributed by atoms with Gasteiger partial charge in [-0.15, -0.1) is 0 Å². The third-order valence-corrected chi connectivity index (χ3v) is 3.48. The molecule has 0 spiro atoms. The summed E-state index contributed by atoms with van der Waals surface area (Å²) in [6.45, 7) is 7.17. The SMILES string of the molecule is CCNC(c1ccc(Cl)cc1F)C(CC)CC. The van der Waals surface area contributed by atoms with Gasteiger partial charge in [0.15, 0.2) is 0 Å². The zero-order valence-electron chi connectivity index (χ0n) is 10.8. The van der Waals surface area contributed by atoms with E-state index in [1.807, 2.05) is 6.92 Å². The van der Waals surface area contributed by atoms with Crippen LogP contribution in [0.3, 0.4) is 0 Å². The van der Waals surface area contributed by atoms with E-state index >= 15 is 0 Å². The average Bonchev–Trinajstić information content (AvgIpc) is 2.30. The molecule has 1 unspecified atom stereocenters. The Balaban J connectivity index is 3.03. The van der Waals surface area contributed by atoms with E-state index in [-0.39, 0.29) is 11.9 Å². The van der Waals surface area contributed by atoms with Crippen LogP contribution in [-0.4, -0.2) is 6.54 Å². The summed E-state index contributed by atoms with van der Waals surface area (Å²) in [5.41, 5.74) is 0.727. The second kappa shape index (κ2) is 6.97. The fourth-order valence-corrected chi connectivity index (χ4v) is 2.42. The normalized spacial score (nSPS) is 13.1. The molecule has 0 aliphatic rings. The van der Waals surface area contributed by atoms with Gasteiger partial charge in [0.05, 0.1) is 0 Å². The minimum Gasteiger partial charge on any atom is -0.310 e. The zero-order valence-corrected chi connectivity index (χ0v) is 11.5. The predicted molar refractivity (Wildman–Crippen MR) is 71.9 cm³/mol. The minimum absolute atomic E-state index is 0.0762. The van der Waals surface area contributed by atoms with Crippen LogP contribution >= 0.6 is 11.6 Å². The van der Waals surface area contributed by atoms with Gasteiger partial charge >= 0.3 is 0 Å². The maximum Gasteiger partial charge on any atom is 0.129 e. The fraction of sp³-hybridized carbons (Fsp3) is 0.571. The smallest absolute Gasteiger partial charge is 0.129 e. The van der Waals surface area contributed by atoms with Gasteiger partial charge in [-0.2, -0.15) is 0 Å². The number of nitrogens with one attached hydrogen (secondary N) is 1. The molecule has 1 aromatic carbocycles. The summed E-state index contributed by atoms with van der Waals surface area (Å²) < 4.78 is 13.9. The van der Waals surface area contributed by atoms with E-state index < -0.39 is 0 Å². The van der Waals surface area contributed by atoms with E-state index in [9.17, 15) is 4.39 Å². The highest BCUT2D eigenvalue weighted by molar-refractivity contribution is 6.30. The van der Waals surface area contributed by atoms with Crippen LogP contribution < -0.4 is 5.32 Å². The Morgan fingerprint density at radius 2 is 1.88 bits per heavy atom. The van der Waals surface area contributed by atoms with Crippen LogP contribution in [0.4, 0.5) is 4.39 Å². The Bertz CT molecular complexity index is 350. The molecule has 1 aromatic rings. The highest BCUT2D eigenvalue weighted by atomic mass is 35.5. The van der Waals surface area contributed by atoms with Crippen molar-refractivity contribution in [2.75, 3.05) is 6.54 Å². The van der Waals surface area contributed by atoms with Crippen molar-refractivity contribution in [1.82, 2.24) is 5.32 Å². The Morgan fingerprint density at radius 1 is 1.24 bits per heavy atom. The lowest BCUT2D eigenvalue weighted by atomic mass is 9.88. The highest BCUT2D eigenvalue weighted by Gasteiger charge is 2.22. The quantitative estimate of drug-likeness (QED) is 0.787. The van der Waals surface area contributed by atoms with Crippen molar-refractivity contribution < 1.29 is 4.39 Å². The zero-order chi connectivity index (χ0) is 12.8. The Kier molecular flexibility index (Phi) is 5.93. The van der Waals surface area contributed by atoms with Crippen LogP contribution in [0, 0.1) is 11.7 Å². The van der Waals surface area contributed by atoms with Crippen molar-refractivity contribution >= 4 is 11.6 Å². The molecule has 0 saturated heterocycles. The monoisotopic (exact) mass is 257 g/mol. The molecule has 1 rings (SSSR count). The number of rotatable bonds is 6. The molecule has 0 saturated carbocycles. The summed E-state index contributed by atoms with van der Waals surface area (Å²) in [6.07, 6.45) is 2.08. The topological polar surface area (TPSA) is 12.0 Å². The molecule has 0 amide bonds.